The van der Waals surface area contributed by atoms with Crippen LogP contribution in [-0.2, 0) is 24.0 Å². The summed E-state index contributed by atoms with van der Waals surface area (Å²) in [4.78, 5) is 63.7. The molecule has 0 saturated heterocycles. The molecule has 34 heavy (non-hydrogen) atoms. The van der Waals surface area contributed by atoms with E-state index in [0.29, 0.717) is 12.8 Å². The van der Waals surface area contributed by atoms with Gasteiger partial charge < -0.3 is 43.4 Å². The number of guanidine groups is 1. The standard InChI is InChI=1S/C20H37N7O7/c1-4-10(2)15(27-16(30)12(21)7-8-14(28)29)18(32)26-13(6-5-9-24-20(22)23)17(31)25-11(3)19(33)34/h10-13,15H,4-9,21H2,1-3H3,(H,25,31)(H,26,32)(H,27,30)(H,28,29)(H,33,34)(H4,22,23,24). The number of hydrogen-bond donors (Lipinski definition) is 8. The first-order chi connectivity index (χ1) is 15.8. The fourth-order valence-electron chi connectivity index (χ4n) is 2.78. The van der Waals surface area contributed by atoms with Gasteiger partial charge in [-0.2, -0.15) is 0 Å². The summed E-state index contributed by atoms with van der Waals surface area (Å²) in [6.45, 7) is 4.97. The van der Waals surface area contributed by atoms with Gasteiger partial charge in [0, 0.05) is 13.0 Å². The minimum Gasteiger partial charge on any atom is -0.481 e. The van der Waals surface area contributed by atoms with Crippen molar-refractivity contribution < 1.29 is 34.2 Å². The number of nitrogens with zero attached hydrogens (tertiary/aromatic N) is 1. The van der Waals surface area contributed by atoms with Crippen LogP contribution in [0.5, 0.6) is 0 Å². The molecule has 0 aromatic rings. The maximum atomic E-state index is 13.0. The lowest BCUT2D eigenvalue weighted by molar-refractivity contribution is -0.142. The zero-order valence-corrected chi connectivity index (χ0v) is 19.7. The van der Waals surface area contributed by atoms with Crippen LogP contribution in [0.25, 0.3) is 0 Å². The Bertz CT molecular complexity index is 756. The van der Waals surface area contributed by atoms with Crippen molar-refractivity contribution in [2.75, 3.05) is 6.54 Å². The Morgan fingerprint density at radius 3 is 2.03 bits per heavy atom. The van der Waals surface area contributed by atoms with E-state index >= 15 is 0 Å². The molecule has 11 N–H and O–H groups in total. The lowest BCUT2D eigenvalue weighted by Gasteiger charge is -2.27. The SMILES string of the molecule is CCC(C)C(NC(=O)C(N)CCC(=O)O)C(=O)NC(CCCN=C(N)N)C(=O)NC(C)C(=O)O. The van der Waals surface area contributed by atoms with E-state index in [9.17, 15) is 24.0 Å². The summed E-state index contributed by atoms with van der Waals surface area (Å²) in [5.41, 5.74) is 16.3. The maximum absolute atomic E-state index is 13.0. The first kappa shape index (κ1) is 30.6. The van der Waals surface area contributed by atoms with E-state index in [2.05, 4.69) is 20.9 Å². The van der Waals surface area contributed by atoms with Gasteiger partial charge in [0.15, 0.2) is 5.96 Å². The molecular weight excluding hydrogens is 450 g/mol. The molecule has 0 aliphatic heterocycles. The number of carboxylic acid groups (broad SMARTS) is 2. The molecule has 0 radical (unpaired) electrons. The highest BCUT2D eigenvalue weighted by Gasteiger charge is 2.31. The first-order valence-corrected chi connectivity index (χ1v) is 11.0. The van der Waals surface area contributed by atoms with E-state index in [4.69, 9.17) is 27.4 Å². The van der Waals surface area contributed by atoms with Crippen molar-refractivity contribution in [3.63, 3.8) is 0 Å². The Labute approximate surface area is 198 Å². The molecule has 194 valence electrons. The zero-order chi connectivity index (χ0) is 26.4. The van der Waals surface area contributed by atoms with Gasteiger partial charge in [-0.25, -0.2) is 0 Å². The first-order valence-electron chi connectivity index (χ1n) is 11.0. The molecule has 0 bridgehead atoms. The third-order valence-corrected chi connectivity index (χ3v) is 5.11. The highest BCUT2D eigenvalue weighted by atomic mass is 16.4. The minimum absolute atomic E-state index is 0.0972. The molecule has 14 heteroatoms. The normalized spacial score (nSPS) is 15.1. The predicted octanol–water partition coefficient (Wildman–Crippen LogP) is -2.16. The summed E-state index contributed by atoms with van der Waals surface area (Å²) >= 11 is 0. The molecule has 3 amide bonds. The van der Waals surface area contributed by atoms with E-state index in [0.717, 1.165) is 0 Å². The predicted molar refractivity (Wildman–Crippen MR) is 123 cm³/mol. The van der Waals surface area contributed by atoms with Gasteiger partial charge in [-0.15, -0.1) is 0 Å². The number of carboxylic acids is 2. The van der Waals surface area contributed by atoms with Gasteiger partial charge in [-0.1, -0.05) is 20.3 Å². The van der Waals surface area contributed by atoms with Crippen molar-refractivity contribution in [1.82, 2.24) is 16.0 Å². The number of nitrogens with one attached hydrogen (secondary N) is 3. The molecule has 0 aliphatic carbocycles. The molecule has 0 saturated carbocycles. The van der Waals surface area contributed by atoms with E-state index in [1.807, 2.05) is 0 Å². The van der Waals surface area contributed by atoms with E-state index in [1.54, 1.807) is 13.8 Å². The molecule has 0 aromatic carbocycles. The van der Waals surface area contributed by atoms with E-state index < -0.39 is 53.8 Å². The van der Waals surface area contributed by atoms with Crippen molar-refractivity contribution in [2.45, 2.75) is 77.0 Å². The Morgan fingerprint density at radius 1 is 0.912 bits per heavy atom. The van der Waals surface area contributed by atoms with E-state index in [-0.39, 0.29) is 37.7 Å². The van der Waals surface area contributed by atoms with Crippen LogP contribution >= 0.6 is 0 Å². The summed E-state index contributed by atoms with van der Waals surface area (Å²) in [5.74, 6) is -4.93. The molecule has 0 spiro atoms. The Morgan fingerprint density at radius 2 is 1.53 bits per heavy atom. The van der Waals surface area contributed by atoms with Crippen LogP contribution in [0.15, 0.2) is 4.99 Å². The number of aliphatic carboxylic acids is 2. The van der Waals surface area contributed by atoms with Gasteiger partial charge in [0.2, 0.25) is 17.7 Å². The summed E-state index contributed by atoms with van der Waals surface area (Å²) in [7, 11) is 0. The molecule has 0 aromatic heterocycles. The average Bonchev–Trinajstić information content (AvgIpc) is 2.76. The molecule has 0 rings (SSSR count). The van der Waals surface area contributed by atoms with Crippen molar-refractivity contribution in [1.29, 1.82) is 0 Å². The monoisotopic (exact) mass is 487 g/mol. The second-order valence-electron chi connectivity index (χ2n) is 7.99. The fourth-order valence-corrected chi connectivity index (χ4v) is 2.78. The number of aliphatic imine (C=N–C) groups is 1. The summed E-state index contributed by atoms with van der Waals surface area (Å²) in [6, 6.07) is -4.50. The average molecular weight is 488 g/mol. The second-order valence-corrected chi connectivity index (χ2v) is 7.99. The van der Waals surface area contributed by atoms with Crippen molar-refractivity contribution >= 4 is 35.6 Å². The van der Waals surface area contributed by atoms with Crippen molar-refractivity contribution in [3.8, 4) is 0 Å². The van der Waals surface area contributed by atoms with Gasteiger partial charge in [0.05, 0.1) is 6.04 Å². The van der Waals surface area contributed by atoms with Crippen LogP contribution in [-0.4, -0.2) is 76.5 Å². The molecule has 14 nitrogen and oxygen atoms in total. The van der Waals surface area contributed by atoms with Gasteiger partial charge in [0.25, 0.3) is 0 Å². The lowest BCUT2D eigenvalue weighted by atomic mass is 9.97. The number of rotatable bonds is 16. The molecule has 0 aliphatic rings. The second kappa shape index (κ2) is 15.4. The smallest absolute Gasteiger partial charge is 0.325 e. The molecule has 5 atom stereocenters. The topological polar surface area (TPSA) is 252 Å². The maximum Gasteiger partial charge on any atom is 0.325 e. The van der Waals surface area contributed by atoms with Crippen LogP contribution in [0.1, 0.15) is 52.9 Å². The molecule has 0 heterocycles. The van der Waals surface area contributed by atoms with Crippen molar-refractivity contribution in [2.24, 2.45) is 28.1 Å². The third-order valence-electron chi connectivity index (χ3n) is 5.11. The van der Waals surface area contributed by atoms with Gasteiger partial charge >= 0.3 is 11.9 Å². The van der Waals surface area contributed by atoms with Crippen LogP contribution in [0, 0.1) is 5.92 Å². The van der Waals surface area contributed by atoms with Gasteiger partial charge in [0.1, 0.15) is 18.1 Å². The van der Waals surface area contributed by atoms with Crippen LogP contribution in [0.4, 0.5) is 0 Å². The quantitative estimate of drug-likeness (QED) is 0.0664. The van der Waals surface area contributed by atoms with Crippen LogP contribution < -0.4 is 33.2 Å². The highest BCUT2D eigenvalue weighted by molar-refractivity contribution is 5.94. The Kier molecular flexibility index (Phi) is 13.9. The molecular formula is C20H37N7O7. The highest BCUT2D eigenvalue weighted by Crippen LogP contribution is 2.10. The van der Waals surface area contributed by atoms with Crippen molar-refractivity contribution in [3.05, 3.63) is 0 Å². The van der Waals surface area contributed by atoms with Crippen LogP contribution in [0.2, 0.25) is 0 Å². The van der Waals surface area contributed by atoms with E-state index in [1.165, 1.54) is 6.92 Å². The minimum atomic E-state index is -1.25. The zero-order valence-electron chi connectivity index (χ0n) is 19.7. The Hall–Kier alpha value is -3.42. The summed E-state index contributed by atoms with van der Waals surface area (Å²) in [6.07, 6.45) is 0.478. The largest absolute Gasteiger partial charge is 0.481 e. The Balaban J connectivity index is 5.47. The molecule has 0 fully saturated rings. The third kappa shape index (κ3) is 12.0. The van der Waals surface area contributed by atoms with Gasteiger partial charge in [-0.3, -0.25) is 29.0 Å². The van der Waals surface area contributed by atoms with Crippen LogP contribution in [0.3, 0.4) is 0 Å². The summed E-state index contributed by atoms with van der Waals surface area (Å²) in [5, 5.41) is 25.2. The molecule has 5 unspecified atom stereocenters. The number of hydrogen-bond acceptors (Lipinski definition) is 7. The fraction of sp³-hybridized carbons (Fsp3) is 0.700. The number of amides is 3. The number of carbonyl (C=O) groups excluding carboxylic acids is 3. The summed E-state index contributed by atoms with van der Waals surface area (Å²) < 4.78 is 0. The van der Waals surface area contributed by atoms with Gasteiger partial charge in [-0.05, 0) is 32.1 Å². The lowest BCUT2D eigenvalue weighted by Crippen LogP contribution is -2.58. The number of nitrogens with two attached hydrogens (primary N) is 3. The number of carbonyl (C=O) groups is 5.